The van der Waals surface area contributed by atoms with Crippen molar-refractivity contribution in [3.05, 3.63) is 22.4 Å². The first-order valence-corrected chi connectivity index (χ1v) is 6.84. The fraction of sp³-hybridized carbons (Fsp3) is 0.692. The molecule has 2 atom stereocenters. The zero-order valence-corrected chi connectivity index (χ0v) is 11.6. The topological polar surface area (TPSA) is 21.3 Å². The molecule has 2 unspecified atom stereocenters. The molecule has 0 amide bonds. The smallest absolute Gasteiger partial charge is 0.0800 e. The van der Waals surface area contributed by atoms with Crippen LogP contribution >= 0.6 is 11.3 Å². The van der Waals surface area contributed by atoms with Crippen molar-refractivity contribution in [3.63, 3.8) is 0 Å². The Morgan fingerprint density at radius 3 is 2.75 bits per heavy atom. The van der Waals surface area contributed by atoms with Crippen LogP contribution in [0.25, 0.3) is 0 Å². The number of ether oxygens (including phenoxy) is 1. The summed E-state index contributed by atoms with van der Waals surface area (Å²) in [5.74, 6) is 0. The molecule has 1 aromatic heterocycles. The maximum atomic E-state index is 5.65. The third-order valence-electron chi connectivity index (χ3n) is 3.56. The molecule has 1 N–H and O–H groups in total. The number of hydrogen-bond donors (Lipinski definition) is 1. The van der Waals surface area contributed by atoms with E-state index in [1.165, 1.54) is 5.56 Å². The van der Waals surface area contributed by atoms with Crippen molar-refractivity contribution in [2.45, 2.75) is 44.8 Å². The summed E-state index contributed by atoms with van der Waals surface area (Å²) in [6.07, 6.45) is 3.26. The lowest BCUT2D eigenvalue weighted by Crippen LogP contribution is -2.48. The van der Waals surface area contributed by atoms with Crippen LogP contribution in [0.15, 0.2) is 16.8 Å². The maximum Gasteiger partial charge on any atom is 0.0800 e. The van der Waals surface area contributed by atoms with Crippen molar-refractivity contribution in [1.29, 1.82) is 0 Å². The van der Waals surface area contributed by atoms with Crippen LogP contribution in [-0.2, 0) is 11.2 Å². The van der Waals surface area contributed by atoms with E-state index < -0.39 is 0 Å². The maximum absolute atomic E-state index is 5.65. The molecule has 0 bridgehead atoms. The van der Waals surface area contributed by atoms with Gasteiger partial charge in [0.05, 0.1) is 5.60 Å². The van der Waals surface area contributed by atoms with Crippen LogP contribution in [-0.4, -0.2) is 25.8 Å². The van der Waals surface area contributed by atoms with Crippen molar-refractivity contribution in [2.75, 3.05) is 14.2 Å². The summed E-state index contributed by atoms with van der Waals surface area (Å²) in [6.45, 7) is 4.36. The monoisotopic (exact) mass is 241 g/mol. The minimum absolute atomic E-state index is 0.0647. The lowest BCUT2D eigenvalue weighted by Gasteiger charge is -2.35. The molecule has 0 fully saturated rings. The molecule has 1 heterocycles. The van der Waals surface area contributed by atoms with E-state index in [0.717, 1.165) is 19.3 Å². The van der Waals surface area contributed by atoms with Gasteiger partial charge in [-0.15, -0.1) is 0 Å². The van der Waals surface area contributed by atoms with Crippen LogP contribution in [0.5, 0.6) is 0 Å². The third kappa shape index (κ3) is 3.30. The normalized spacial score (nSPS) is 17.0. The number of methoxy groups -OCH3 is 1. The van der Waals surface area contributed by atoms with Gasteiger partial charge in [0.1, 0.15) is 0 Å². The van der Waals surface area contributed by atoms with Gasteiger partial charge in [0, 0.05) is 13.2 Å². The van der Waals surface area contributed by atoms with Gasteiger partial charge in [-0.1, -0.05) is 6.92 Å². The number of likely N-dealkylation sites (N-methyl/N-ethyl adjacent to an activating group) is 1. The van der Waals surface area contributed by atoms with Gasteiger partial charge in [-0.3, -0.25) is 0 Å². The van der Waals surface area contributed by atoms with Crippen LogP contribution in [0.2, 0.25) is 0 Å². The van der Waals surface area contributed by atoms with Crippen molar-refractivity contribution >= 4 is 11.3 Å². The highest BCUT2D eigenvalue weighted by Crippen LogP contribution is 2.23. The van der Waals surface area contributed by atoms with Crippen LogP contribution in [0, 0.1) is 0 Å². The lowest BCUT2D eigenvalue weighted by molar-refractivity contribution is -0.0290. The summed E-state index contributed by atoms with van der Waals surface area (Å²) in [5.41, 5.74) is 1.37. The molecule has 16 heavy (non-hydrogen) atoms. The first kappa shape index (κ1) is 13.7. The minimum atomic E-state index is -0.0647. The second-order valence-electron chi connectivity index (χ2n) is 4.38. The standard InChI is InChI=1S/C13H23NOS/c1-5-13(2,15-4)12(14-3)7-6-11-8-9-16-10-11/h8-10,12,14H,5-7H2,1-4H3. The van der Waals surface area contributed by atoms with Gasteiger partial charge < -0.3 is 10.1 Å². The Morgan fingerprint density at radius 2 is 2.31 bits per heavy atom. The molecule has 0 aliphatic heterocycles. The van der Waals surface area contributed by atoms with E-state index in [0.29, 0.717) is 6.04 Å². The van der Waals surface area contributed by atoms with Crippen molar-refractivity contribution in [3.8, 4) is 0 Å². The van der Waals surface area contributed by atoms with E-state index in [4.69, 9.17) is 4.74 Å². The molecule has 92 valence electrons. The van der Waals surface area contributed by atoms with E-state index in [-0.39, 0.29) is 5.60 Å². The second kappa shape index (κ2) is 6.38. The predicted molar refractivity (Wildman–Crippen MR) is 71.2 cm³/mol. The number of thiophene rings is 1. The van der Waals surface area contributed by atoms with Crippen molar-refractivity contribution in [1.82, 2.24) is 5.32 Å². The SMILES string of the molecule is CCC(C)(OC)C(CCc1ccsc1)NC. The van der Waals surface area contributed by atoms with Gasteiger partial charge >= 0.3 is 0 Å². The van der Waals surface area contributed by atoms with Crippen molar-refractivity contribution < 1.29 is 4.74 Å². The Bertz CT molecular complexity index is 280. The molecule has 1 rings (SSSR count). The number of nitrogens with one attached hydrogen (secondary N) is 1. The van der Waals surface area contributed by atoms with E-state index >= 15 is 0 Å². The summed E-state index contributed by atoms with van der Waals surface area (Å²) in [5, 5.41) is 7.75. The Morgan fingerprint density at radius 1 is 1.56 bits per heavy atom. The Balaban J connectivity index is 2.54. The van der Waals surface area contributed by atoms with Crippen LogP contribution in [0.4, 0.5) is 0 Å². The molecular formula is C13H23NOS. The largest absolute Gasteiger partial charge is 0.377 e. The molecule has 0 radical (unpaired) electrons. The Kier molecular flexibility index (Phi) is 5.46. The van der Waals surface area contributed by atoms with Gasteiger partial charge in [-0.25, -0.2) is 0 Å². The van der Waals surface area contributed by atoms with Crippen LogP contribution in [0.1, 0.15) is 32.3 Å². The fourth-order valence-electron chi connectivity index (χ4n) is 2.03. The molecule has 0 saturated heterocycles. The molecular weight excluding hydrogens is 218 g/mol. The second-order valence-corrected chi connectivity index (χ2v) is 5.16. The van der Waals surface area contributed by atoms with Crippen molar-refractivity contribution in [2.24, 2.45) is 0 Å². The summed E-state index contributed by atoms with van der Waals surface area (Å²) < 4.78 is 5.65. The van der Waals surface area contributed by atoms with E-state index in [1.807, 2.05) is 7.05 Å². The minimum Gasteiger partial charge on any atom is -0.377 e. The highest BCUT2D eigenvalue weighted by Gasteiger charge is 2.30. The molecule has 0 aliphatic rings. The van der Waals surface area contributed by atoms with Gasteiger partial charge in [0.15, 0.2) is 0 Å². The Hall–Kier alpha value is -0.380. The quantitative estimate of drug-likeness (QED) is 0.792. The molecule has 0 aromatic carbocycles. The summed E-state index contributed by atoms with van der Waals surface area (Å²) in [4.78, 5) is 0. The average Bonchev–Trinajstić information content (AvgIpc) is 2.82. The first-order chi connectivity index (χ1) is 7.66. The van der Waals surface area contributed by atoms with Gasteiger partial charge in [-0.2, -0.15) is 11.3 Å². The van der Waals surface area contributed by atoms with Gasteiger partial charge in [0.2, 0.25) is 0 Å². The van der Waals surface area contributed by atoms with Crippen LogP contribution < -0.4 is 5.32 Å². The number of hydrogen-bond acceptors (Lipinski definition) is 3. The third-order valence-corrected chi connectivity index (χ3v) is 4.29. The zero-order valence-electron chi connectivity index (χ0n) is 10.7. The summed E-state index contributed by atoms with van der Waals surface area (Å²) in [7, 11) is 3.82. The molecule has 0 spiro atoms. The highest BCUT2D eigenvalue weighted by molar-refractivity contribution is 7.07. The summed E-state index contributed by atoms with van der Waals surface area (Å²) in [6, 6.07) is 2.61. The molecule has 3 heteroatoms. The Labute approximate surface area is 103 Å². The molecule has 0 saturated carbocycles. The fourth-order valence-corrected chi connectivity index (χ4v) is 2.74. The number of aryl methyl sites for hydroxylation is 1. The van der Waals surface area contributed by atoms with E-state index in [9.17, 15) is 0 Å². The first-order valence-electron chi connectivity index (χ1n) is 5.89. The molecule has 0 aliphatic carbocycles. The molecule has 1 aromatic rings. The zero-order chi connectivity index (χ0) is 12.0. The molecule has 2 nitrogen and oxygen atoms in total. The predicted octanol–water partition coefficient (Wildman–Crippen LogP) is 3.08. The summed E-state index contributed by atoms with van der Waals surface area (Å²) >= 11 is 1.77. The number of rotatable bonds is 7. The highest BCUT2D eigenvalue weighted by atomic mass is 32.1. The van der Waals surface area contributed by atoms with Gasteiger partial charge in [0.25, 0.3) is 0 Å². The van der Waals surface area contributed by atoms with E-state index in [2.05, 4.69) is 36.0 Å². The van der Waals surface area contributed by atoms with E-state index in [1.54, 1.807) is 18.4 Å². The average molecular weight is 241 g/mol. The van der Waals surface area contributed by atoms with Gasteiger partial charge in [-0.05, 0) is 55.6 Å². The lowest BCUT2D eigenvalue weighted by atomic mass is 9.89. The van der Waals surface area contributed by atoms with Crippen LogP contribution in [0.3, 0.4) is 0 Å².